The molecule has 20 heavy (non-hydrogen) atoms. The van der Waals surface area contributed by atoms with Gasteiger partial charge in [0.2, 0.25) is 11.8 Å². The standard InChI is InChI=1S/C14H23N3O3/c1-14(8-20-7-11(14)15)13(19)17-5-4-10-9(6-17)2-3-12(18)16-10/h9-11H,2-8,15H2,1H3,(H,16,18). The average Bonchev–Trinajstić information content (AvgIpc) is 2.78. The molecule has 0 aromatic heterocycles. The first-order valence-corrected chi connectivity index (χ1v) is 7.43. The minimum atomic E-state index is -0.593. The summed E-state index contributed by atoms with van der Waals surface area (Å²) >= 11 is 0. The van der Waals surface area contributed by atoms with Crippen molar-refractivity contribution in [3.8, 4) is 0 Å². The Labute approximate surface area is 119 Å². The molecule has 0 saturated carbocycles. The van der Waals surface area contributed by atoms with Crippen LogP contribution in [0.3, 0.4) is 0 Å². The molecule has 3 fully saturated rings. The maximum atomic E-state index is 12.7. The average molecular weight is 281 g/mol. The normalized spacial score (nSPS) is 41.2. The molecule has 0 spiro atoms. The van der Waals surface area contributed by atoms with Crippen molar-refractivity contribution in [3.63, 3.8) is 0 Å². The zero-order valence-electron chi connectivity index (χ0n) is 11.9. The van der Waals surface area contributed by atoms with Crippen LogP contribution in [0.2, 0.25) is 0 Å². The van der Waals surface area contributed by atoms with Gasteiger partial charge in [-0.05, 0) is 25.7 Å². The fourth-order valence-corrected chi connectivity index (χ4v) is 3.57. The molecule has 4 atom stereocenters. The Kier molecular flexibility index (Phi) is 3.46. The monoisotopic (exact) mass is 281 g/mol. The van der Waals surface area contributed by atoms with E-state index in [1.54, 1.807) is 0 Å². The van der Waals surface area contributed by atoms with E-state index < -0.39 is 5.41 Å². The quantitative estimate of drug-likeness (QED) is 0.677. The maximum absolute atomic E-state index is 12.7. The van der Waals surface area contributed by atoms with Crippen LogP contribution >= 0.6 is 0 Å². The van der Waals surface area contributed by atoms with Crippen LogP contribution in [0, 0.1) is 11.3 Å². The van der Waals surface area contributed by atoms with Crippen molar-refractivity contribution >= 4 is 11.8 Å². The number of carbonyl (C=O) groups is 2. The third-order valence-corrected chi connectivity index (χ3v) is 5.12. The van der Waals surface area contributed by atoms with Crippen LogP contribution in [-0.4, -0.2) is 55.1 Å². The van der Waals surface area contributed by atoms with Gasteiger partial charge in [0.15, 0.2) is 0 Å². The van der Waals surface area contributed by atoms with E-state index >= 15 is 0 Å². The molecule has 6 nitrogen and oxygen atoms in total. The number of nitrogens with one attached hydrogen (secondary N) is 1. The molecule has 3 aliphatic heterocycles. The van der Waals surface area contributed by atoms with E-state index in [0.717, 1.165) is 19.4 Å². The van der Waals surface area contributed by atoms with Gasteiger partial charge in [0.25, 0.3) is 0 Å². The highest BCUT2D eigenvalue weighted by atomic mass is 16.5. The molecule has 3 N–H and O–H groups in total. The lowest BCUT2D eigenvalue weighted by atomic mass is 9.81. The first kappa shape index (κ1) is 13.8. The minimum absolute atomic E-state index is 0.109. The SMILES string of the molecule is CC1(C(=O)N2CCC3NC(=O)CCC3C2)COCC1N. The highest BCUT2D eigenvalue weighted by molar-refractivity contribution is 5.84. The number of nitrogens with two attached hydrogens (primary N) is 1. The highest BCUT2D eigenvalue weighted by Gasteiger charge is 2.48. The summed E-state index contributed by atoms with van der Waals surface area (Å²) in [6, 6.07) is 0.0142. The molecule has 4 unspecified atom stereocenters. The second-order valence-electron chi connectivity index (χ2n) is 6.55. The van der Waals surface area contributed by atoms with E-state index in [1.807, 2.05) is 11.8 Å². The Morgan fingerprint density at radius 3 is 3.00 bits per heavy atom. The number of likely N-dealkylation sites (tertiary alicyclic amines) is 1. The van der Waals surface area contributed by atoms with Crippen LogP contribution in [0.25, 0.3) is 0 Å². The van der Waals surface area contributed by atoms with E-state index in [1.165, 1.54) is 0 Å². The van der Waals surface area contributed by atoms with Crippen LogP contribution in [0.4, 0.5) is 0 Å². The molecule has 0 aliphatic carbocycles. The summed E-state index contributed by atoms with van der Waals surface area (Å²) in [5.74, 6) is 0.634. The van der Waals surface area contributed by atoms with Crippen LogP contribution in [0.1, 0.15) is 26.2 Å². The Morgan fingerprint density at radius 1 is 1.50 bits per heavy atom. The van der Waals surface area contributed by atoms with E-state index in [2.05, 4.69) is 5.32 Å². The molecule has 112 valence electrons. The Hall–Kier alpha value is -1.14. The molecule has 0 radical (unpaired) electrons. The lowest BCUT2D eigenvalue weighted by Crippen LogP contribution is -2.59. The molecule has 0 aromatic rings. The molecule has 3 saturated heterocycles. The molecule has 0 aromatic carbocycles. The van der Waals surface area contributed by atoms with Gasteiger partial charge < -0.3 is 20.7 Å². The van der Waals surface area contributed by atoms with Gasteiger partial charge >= 0.3 is 0 Å². The summed E-state index contributed by atoms with van der Waals surface area (Å²) in [6.07, 6.45) is 2.29. The summed E-state index contributed by atoms with van der Waals surface area (Å²) in [4.78, 5) is 26.1. The van der Waals surface area contributed by atoms with Gasteiger partial charge in [-0.25, -0.2) is 0 Å². The molecule has 3 heterocycles. The molecule has 3 rings (SSSR count). The van der Waals surface area contributed by atoms with E-state index in [9.17, 15) is 9.59 Å². The highest BCUT2D eigenvalue weighted by Crippen LogP contribution is 2.33. The molecule has 0 bridgehead atoms. The van der Waals surface area contributed by atoms with Crippen molar-refractivity contribution in [1.82, 2.24) is 10.2 Å². The minimum Gasteiger partial charge on any atom is -0.379 e. The first-order chi connectivity index (χ1) is 9.50. The van der Waals surface area contributed by atoms with Gasteiger partial charge in [-0.2, -0.15) is 0 Å². The summed E-state index contributed by atoms with van der Waals surface area (Å²) in [5.41, 5.74) is 5.45. The topological polar surface area (TPSA) is 84.7 Å². The number of fused-ring (bicyclic) bond motifs is 1. The number of ether oxygens (including phenoxy) is 1. The molecule has 6 heteroatoms. The first-order valence-electron chi connectivity index (χ1n) is 7.43. The maximum Gasteiger partial charge on any atom is 0.232 e. The zero-order valence-corrected chi connectivity index (χ0v) is 11.9. The van der Waals surface area contributed by atoms with Crippen molar-refractivity contribution in [1.29, 1.82) is 0 Å². The van der Waals surface area contributed by atoms with Crippen LogP contribution < -0.4 is 11.1 Å². The van der Waals surface area contributed by atoms with Gasteiger partial charge in [0, 0.05) is 31.6 Å². The fraction of sp³-hybridized carbons (Fsp3) is 0.857. The Bertz CT molecular complexity index is 428. The third-order valence-electron chi connectivity index (χ3n) is 5.12. The zero-order chi connectivity index (χ0) is 14.3. The molecular weight excluding hydrogens is 258 g/mol. The lowest BCUT2D eigenvalue weighted by molar-refractivity contribution is -0.144. The van der Waals surface area contributed by atoms with Crippen molar-refractivity contribution in [2.75, 3.05) is 26.3 Å². The van der Waals surface area contributed by atoms with Gasteiger partial charge in [-0.15, -0.1) is 0 Å². The van der Waals surface area contributed by atoms with Crippen molar-refractivity contribution < 1.29 is 14.3 Å². The van der Waals surface area contributed by atoms with Crippen LogP contribution in [0.5, 0.6) is 0 Å². The van der Waals surface area contributed by atoms with Crippen molar-refractivity contribution in [2.45, 2.75) is 38.3 Å². The Balaban J connectivity index is 1.67. The molecule has 2 amide bonds. The van der Waals surface area contributed by atoms with Crippen LogP contribution in [-0.2, 0) is 14.3 Å². The van der Waals surface area contributed by atoms with Gasteiger partial charge in [-0.1, -0.05) is 0 Å². The smallest absolute Gasteiger partial charge is 0.232 e. The van der Waals surface area contributed by atoms with E-state index in [0.29, 0.717) is 32.1 Å². The summed E-state index contributed by atoms with van der Waals surface area (Å²) in [6.45, 7) is 4.20. The number of carbonyl (C=O) groups excluding carboxylic acids is 2. The van der Waals surface area contributed by atoms with Crippen molar-refractivity contribution in [2.24, 2.45) is 17.1 Å². The lowest BCUT2D eigenvalue weighted by Gasteiger charge is -2.43. The second-order valence-corrected chi connectivity index (χ2v) is 6.55. The predicted molar refractivity (Wildman–Crippen MR) is 72.8 cm³/mol. The number of hydrogen-bond donors (Lipinski definition) is 2. The van der Waals surface area contributed by atoms with Gasteiger partial charge in [0.05, 0.1) is 18.6 Å². The van der Waals surface area contributed by atoms with Gasteiger partial charge in [0.1, 0.15) is 0 Å². The number of rotatable bonds is 1. The fourth-order valence-electron chi connectivity index (χ4n) is 3.57. The molecule has 3 aliphatic rings. The van der Waals surface area contributed by atoms with Gasteiger partial charge in [-0.3, -0.25) is 9.59 Å². The largest absolute Gasteiger partial charge is 0.379 e. The summed E-state index contributed by atoms with van der Waals surface area (Å²) in [5, 5.41) is 3.04. The molecular formula is C14H23N3O3. The van der Waals surface area contributed by atoms with Crippen LogP contribution in [0.15, 0.2) is 0 Å². The number of amides is 2. The number of piperidine rings is 2. The summed E-state index contributed by atoms with van der Waals surface area (Å²) < 4.78 is 5.38. The number of nitrogens with zero attached hydrogens (tertiary/aromatic N) is 1. The summed E-state index contributed by atoms with van der Waals surface area (Å²) in [7, 11) is 0. The third kappa shape index (κ3) is 2.20. The predicted octanol–water partition coefficient (Wildman–Crippen LogP) is -0.523. The Morgan fingerprint density at radius 2 is 2.30 bits per heavy atom. The van der Waals surface area contributed by atoms with E-state index in [4.69, 9.17) is 10.5 Å². The van der Waals surface area contributed by atoms with E-state index in [-0.39, 0.29) is 23.9 Å². The number of hydrogen-bond acceptors (Lipinski definition) is 4. The van der Waals surface area contributed by atoms with Crippen molar-refractivity contribution in [3.05, 3.63) is 0 Å². The second kappa shape index (κ2) is 5.00.